The second-order valence-corrected chi connectivity index (χ2v) is 21.8. The molecule has 0 aromatic heterocycles. The smallest absolute Gasteiger partial charge is 0.391 e. The molecule has 9 heteroatoms. The van der Waals surface area contributed by atoms with Crippen molar-refractivity contribution in [2.45, 2.75) is 276 Å². The number of carbonyl (C=O) groups excluding carboxylic acids is 1. The topological polar surface area (TPSA) is 105 Å². The lowest BCUT2D eigenvalue weighted by atomic mass is 10.0. The van der Waals surface area contributed by atoms with Gasteiger partial charge in [-0.3, -0.25) is 13.8 Å². The van der Waals surface area contributed by atoms with Gasteiger partial charge in [0.15, 0.2) is 0 Å². The van der Waals surface area contributed by atoms with Crippen molar-refractivity contribution in [2.75, 3.05) is 40.9 Å². The standard InChI is InChI=1S/C56H109N2O6P/c1-6-8-10-12-14-16-18-20-22-24-26-27-28-29-30-32-33-35-37-39-41-43-45-47-49-55(59)54(53-64-65(61,62)63-52-51-58(3,4)5)57-56(60)50-48-46-44-42-40-38-36-34-31-25-23-21-19-17-15-13-11-9-7-2/h15,17,21,23,31,34,54-55,59H,6-14,16,18-20,22,24-30,32-33,35-53H2,1-5H3,(H-,57,60,61,62)/p+1/b17-15-,23-21-,34-31-. The summed E-state index contributed by atoms with van der Waals surface area (Å²) < 4.78 is 23.8. The third-order valence-electron chi connectivity index (χ3n) is 12.6. The molecule has 0 fully saturated rings. The maximum atomic E-state index is 13.0. The minimum Gasteiger partial charge on any atom is -0.391 e. The molecule has 0 rings (SSSR count). The number of phosphoric acid groups is 1. The molecular formula is C56H110N2O6P+. The first kappa shape index (κ1) is 63.7. The van der Waals surface area contributed by atoms with Crippen LogP contribution >= 0.6 is 7.82 Å². The van der Waals surface area contributed by atoms with Gasteiger partial charge in [0, 0.05) is 6.42 Å². The molecule has 0 spiro atoms. The summed E-state index contributed by atoms with van der Waals surface area (Å²) in [5, 5.41) is 14.1. The number of allylic oxidation sites excluding steroid dienone is 6. The van der Waals surface area contributed by atoms with Crippen LogP contribution in [0.4, 0.5) is 0 Å². The van der Waals surface area contributed by atoms with E-state index in [0.29, 0.717) is 23.9 Å². The summed E-state index contributed by atoms with van der Waals surface area (Å²) in [5.74, 6) is -0.154. The lowest BCUT2D eigenvalue weighted by Gasteiger charge is -2.26. The van der Waals surface area contributed by atoms with Gasteiger partial charge in [0.1, 0.15) is 13.2 Å². The number of rotatable bonds is 51. The van der Waals surface area contributed by atoms with E-state index >= 15 is 0 Å². The van der Waals surface area contributed by atoms with Crippen LogP contribution in [0.15, 0.2) is 36.5 Å². The molecule has 0 aliphatic carbocycles. The third-order valence-corrected chi connectivity index (χ3v) is 13.6. The number of nitrogens with zero attached hydrogens (tertiary/aromatic N) is 1. The average Bonchev–Trinajstić information content (AvgIpc) is 3.26. The van der Waals surface area contributed by atoms with Crippen LogP contribution in [0.5, 0.6) is 0 Å². The van der Waals surface area contributed by atoms with Crippen molar-refractivity contribution >= 4 is 13.7 Å². The van der Waals surface area contributed by atoms with Crippen LogP contribution in [-0.4, -0.2) is 73.4 Å². The summed E-state index contributed by atoms with van der Waals surface area (Å²) in [6.45, 7) is 4.88. The maximum absolute atomic E-state index is 13.0. The Morgan fingerprint density at radius 1 is 0.523 bits per heavy atom. The minimum absolute atomic E-state index is 0.0717. The fourth-order valence-electron chi connectivity index (χ4n) is 8.23. The first-order valence-corrected chi connectivity index (χ1v) is 29.3. The highest BCUT2D eigenvalue weighted by atomic mass is 31.2. The molecule has 3 atom stereocenters. The van der Waals surface area contributed by atoms with Crippen molar-refractivity contribution in [3.05, 3.63) is 36.5 Å². The van der Waals surface area contributed by atoms with Gasteiger partial charge in [0.25, 0.3) is 0 Å². The summed E-state index contributed by atoms with van der Waals surface area (Å²) in [6.07, 6.45) is 60.5. The van der Waals surface area contributed by atoms with E-state index in [1.807, 2.05) is 21.1 Å². The SMILES string of the molecule is CCCCC/C=C\C/C=C\C/C=C\CCCCCCCCC(=O)NC(COP(=O)(O)OCC[N+](C)(C)C)C(O)CCCCCCCCCCCCCCCCCCCCCCCCCC. The number of hydrogen-bond donors (Lipinski definition) is 3. The molecule has 0 aromatic carbocycles. The second-order valence-electron chi connectivity index (χ2n) is 20.3. The molecular weight excluding hydrogens is 828 g/mol. The zero-order valence-electron chi connectivity index (χ0n) is 43.7. The van der Waals surface area contributed by atoms with Gasteiger partial charge in [-0.2, -0.15) is 0 Å². The van der Waals surface area contributed by atoms with Crippen LogP contribution < -0.4 is 5.32 Å². The van der Waals surface area contributed by atoms with Crippen molar-refractivity contribution in [1.29, 1.82) is 0 Å². The first-order chi connectivity index (χ1) is 31.5. The number of nitrogens with one attached hydrogen (secondary N) is 1. The Morgan fingerprint density at radius 3 is 1.31 bits per heavy atom. The number of hydrogen-bond acceptors (Lipinski definition) is 5. The summed E-state index contributed by atoms with van der Waals surface area (Å²) in [5.41, 5.74) is 0. The Labute approximate surface area is 404 Å². The lowest BCUT2D eigenvalue weighted by Crippen LogP contribution is -2.46. The van der Waals surface area contributed by atoms with Crippen LogP contribution in [0, 0.1) is 0 Å². The number of aliphatic hydroxyl groups is 1. The van der Waals surface area contributed by atoms with E-state index in [4.69, 9.17) is 9.05 Å². The number of amides is 1. The largest absolute Gasteiger partial charge is 0.472 e. The molecule has 3 N–H and O–H groups in total. The van der Waals surface area contributed by atoms with E-state index in [2.05, 4.69) is 55.6 Å². The van der Waals surface area contributed by atoms with E-state index in [1.54, 1.807) is 0 Å². The molecule has 0 radical (unpaired) electrons. The van der Waals surface area contributed by atoms with Crippen LogP contribution in [0.2, 0.25) is 0 Å². The lowest BCUT2D eigenvalue weighted by molar-refractivity contribution is -0.870. The fraction of sp³-hybridized carbons (Fsp3) is 0.875. The van der Waals surface area contributed by atoms with E-state index in [9.17, 15) is 19.4 Å². The minimum atomic E-state index is -4.33. The van der Waals surface area contributed by atoms with Gasteiger partial charge in [-0.15, -0.1) is 0 Å². The first-order valence-electron chi connectivity index (χ1n) is 27.9. The highest BCUT2D eigenvalue weighted by molar-refractivity contribution is 7.47. The molecule has 0 saturated carbocycles. The predicted molar refractivity (Wildman–Crippen MR) is 281 cm³/mol. The van der Waals surface area contributed by atoms with Crippen molar-refractivity contribution < 1.29 is 32.9 Å². The van der Waals surface area contributed by atoms with Crippen LogP contribution in [-0.2, 0) is 18.4 Å². The molecule has 0 saturated heterocycles. The van der Waals surface area contributed by atoms with Gasteiger partial charge in [-0.1, -0.05) is 243 Å². The Morgan fingerprint density at radius 2 is 0.877 bits per heavy atom. The maximum Gasteiger partial charge on any atom is 0.472 e. The molecule has 384 valence electrons. The Balaban J connectivity index is 4.21. The fourth-order valence-corrected chi connectivity index (χ4v) is 8.97. The highest BCUT2D eigenvalue weighted by Gasteiger charge is 2.28. The van der Waals surface area contributed by atoms with Crippen LogP contribution in [0.1, 0.15) is 264 Å². The average molecular weight is 938 g/mol. The van der Waals surface area contributed by atoms with Gasteiger partial charge in [0.05, 0.1) is 39.9 Å². The van der Waals surface area contributed by atoms with Crippen molar-refractivity contribution in [2.24, 2.45) is 0 Å². The van der Waals surface area contributed by atoms with Crippen molar-refractivity contribution in [3.8, 4) is 0 Å². The number of phosphoric ester groups is 1. The highest BCUT2D eigenvalue weighted by Crippen LogP contribution is 2.43. The van der Waals surface area contributed by atoms with Crippen molar-refractivity contribution in [1.82, 2.24) is 5.32 Å². The van der Waals surface area contributed by atoms with E-state index in [0.717, 1.165) is 64.2 Å². The molecule has 0 aliphatic rings. The molecule has 1 amide bonds. The zero-order chi connectivity index (χ0) is 47.8. The monoisotopic (exact) mass is 938 g/mol. The summed E-state index contributed by atoms with van der Waals surface area (Å²) in [6, 6.07) is -0.768. The Kier molecular flexibility index (Phi) is 46.8. The zero-order valence-corrected chi connectivity index (χ0v) is 44.6. The van der Waals surface area contributed by atoms with Gasteiger partial charge >= 0.3 is 7.82 Å². The Hall–Kier alpha value is -1.28. The Bertz CT molecular complexity index is 1150. The van der Waals surface area contributed by atoms with Crippen molar-refractivity contribution in [3.63, 3.8) is 0 Å². The normalized spacial score (nSPS) is 14.3. The second kappa shape index (κ2) is 47.8. The summed E-state index contributed by atoms with van der Waals surface area (Å²) >= 11 is 0. The number of quaternary nitrogens is 1. The predicted octanol–water partition coefficient (Wildman–Crippen LogP) is 16.6. The third kappa shape index (κ3) is 50.4. The van der Waals surface area contributed by atoms with Gasteiger partial charge in [-0.25, -0.2) is 4.57 Å². The number of aliphatic hydroxyl groups excluding tert-OH is 1. The molecule has 0 aromatic rings. The summed E-state index contributed by atoms with van der Waals surface area (Å²) in [7, 11) is 1.61. The quantitative estimate of drug-likeness (QED) is 0.0243. The van der Waals surface area contributed by atoms with Crippen LogP contribution in [0.25, 0.3) is 0 Å². The van der Waals surface area contributed by atoms with E-state index in [1.165, 1.54) is 173 Å². The molecule has 0 heterocycles. The molecule has 0 aliphatic heterocycles. The molecule has 3 unspecified atom stereocenters. The molecule has 0 bridgehead atoms. The molecule has 65 heavy (non-hydrogen) atoms. The van der Waals surface area contributed by atoms with Gasteiger partial charge in [-0.05, 0) is 51.4 Å². The van der Waals surface area contributed by atoms with Crippen LogP contribution in [0.3, 0.4) is 0 Å². The molecule has 8 nitrogen and oxygen atoms in total. The number of unbranched alkanes of at least 4 members (excludes halogenated alkanes) is 32. The van der Waals surface area contributed by atoms with Gasteiger partial charge in [0.2, 0.25) is 5.91 Å². The van der Waals surface area contributed by atoms with Gasteiger partial charge < -0.3 is 19.8 Å². The number of likely N-dealkylation sites (N-methyl/N-ethyl adjacent to an activating group) is 1. The van der Waals surface area contributed by atoms with E-state index < -0.39 is 20.0 Å². The number of carbonyl (C=O) groups is 1. The van der Waals surface area contributed by atoms with E-state index in [-0.39, 0.29) is 19.1 Å². The summed E-state index contributed by atoms with van der Waals surface area (Å²) in [4.78, 5) is 23.3.